The van der Waals surface area contributed by atoms with Crippen LogP contribution in [0.5, 0.6) is 5.75 Å². The fourth-order valence-electron chi connectivity index (χ4n) is 4.28. The van der Waals surface area contributed by atoms with Crippen LogP contribution < -0.4 is 19.9 Å². The molecule has 2 atom stereocenters. The second-order valence-corrected chi connectivity index (χ2v) is 8.41. The van der Waals surface area contributed by atoms with Gasteiger partial charge in [0.05, 0.1) is 24.0 Å². The molecule has 32 heavy (non-hydrogen) atoms. The fraction of sp³-hybridized carbons (Fsp3) is 0.500. The first kappa shape index (κ1) is 22.4. The molecule has 1 unspecified atom stereocenters. The molecule has 0 spiro atoms. The van der Waals surface area contributed by atoms with Crippen molar-refractivity contribution < 1.29 is 19.7 Å². The van der Waals surface area contributed by atoms with Gasteiger partial charge in [-0.2, -0.15) is 0 Å². The predicted octanol–water partition coefficient (Wildman–Crippen LogP) is 2.78. The van der Waals surface area contributed by atoms with Crippen LogP contribution in [0.2, 0.25) is 0 Å². The van der Waals surface area contributed by atoms with Gasteiger partial charge in [0, 0.05) is 25.2 Å². The SMILES string of the molecule is CCCCCNC(=O)N1c2nc(-c3cccc(OCC(O)CO)c3)ccc2N2CC[C@H]1C2. The largest absolute Gasteiger partial charge is 0.491 e. The molecule has 4 rings (SSSR count). The maximum atomic E-state index is 13.1. The summed E-state index contributed by atoms with van der Waals surface area (Å²) in [6, 6.07) is 11.5. The lowest BCUT2D eigenvalue weighted by atomic mass is 10.1. The molecule has 172 valence electrons. The summed E-state index contributed by atoms with van der Waals surface area (Å²) in [5.74, 6) is 1.29. The molecular formula is C24H32N4O4. The van der Waals surface area contributed by atoms with Crippen LogP contribution in [0.3, 0.4) is 0 Å². The van der Waals surface area contributed by atoms with Gasteiger partial charge in [0.2, 0.25) is 0 Å². The van der Waals surface area contributed by atoms with E-state index in [0.717, 1.165) is 55.7 Å². The molecule has 0 aliphatic carbocycles. The molecule has 1 fully saturated rings. The number of urea groups is 1. The molecule has 2 aliphatic heterocycles. The van der Waals surface area contributed by atoms with Gasteiger partial charge in [-0.1, -0.05) is 31.9 Å². The predicted molar refractivity (Wildman–Crippen MR) is 124 cm³/mol. The first-order valence-corrected chi connectivity index (χ1v) is 11.5. The highest BCUT2D eigenvalue weighted by molar-refractivity contribution is 5.97. The number of ether oxygens (including phenoxy) is 1. The van der Waals surface area contributed by atoms with Crippen LogP contribution in [0, 0.1) is 0 Å². The van der Waals surface area contributed by atoms with Gasteiger partial charge in [0.1, 0.15) is 18.5 Å². The Labute approximate surface area is 188 Å². The van der Waals surface area contributed by atoms with E-state index in [2.05, 4.69) is 17.1 Å². The van der Waals surface area contributed by atoms with E-state index < -0.39 is 6.10 Å². The van der Waals surface area contributed by atoms with Gasteiger partial charge in [0.25, 0.3) is 0 Å². The molecule has 2 amide bonds. The van der Waals surface area contributed by atoms with E-state index >= 15 is 0 Å². The van der Waals surface area contributed by atoms with Crippen LogP contribution in [-0.4, -0.2) is 66.2 Å². The smallest absolute Gasteiger partial charge is 0.323 e. The third-order valence-corrected chi connectivity index (χ3v) is 6.01. The molecule has 3 N–H and O–H groups in total. The van der Waals surface area contributed by atoms with Crippen LogP contribution >= 0.6 is 0 Å². The topological polar surface area (TPSA) is 98.2 Å². The third-order valence-electron chi connectivity index (χ3n) is 6.01. The molecule has 0 radical (unpaired) electrons. The number of amides is 2. The number of rotatable bonds is 9. The monoisotopic (exact) mass is 440 g/mol. The molecule has 2 bridgehead atoms. The van der Waals surface area contributed by atoms with Crippen molar-refractivity contribution in [2.75, 3.05) is 42.6 Å². The number of carbonyl (C=O) groups is 1. The van der Waals surface area contributed by atoms with Gasteiger partial charge in [-0.05, 0) is 37.1 Å². The zero-order chi connectivity index (χ0) is 22.5. The first-order chi connectivity index (χ1) is 15.6. The van der Waals surface area contributed by atoms with E-state index in [1.807, 2.05) is 35.2 Å². The van der Waals surface area contributed by atoms with E-state index in [1.165, 1.54) is 0 Å². The van der Waals surface area contributed by atoms with Crippen LogP contribution in [0.15, 0.2) is 36.4 Å². The van der Waals surface area contributed by atoms with Crippen LogP contribution in [0.25, 0.3) is 11.3 Å². The fourth-order valence-corrected chi connectivity index (χ4v) is 4.28. The minimum atomic E-state index is -0.922. The maximum Gasteiger partial charge on any atom is 0.323 e. The number of fused-ring (bicyclic) bond motifs is 4. The van der Waals surface area contributed by atoms with Gasteiger partial charge >= 0.3 is 6.03 Å². The molecule has 0 saturated carbocycles. The average Bonchev–Trinajstić information content (AvgIpc) is 3.24. The second-order valence-electron chi connectivity index (χ2n) is 8.41. The average molecular weight is 441 g/mol. The standard InChI is InChI=1S/C24H32N4O4/c1-2-3-4-11-25-24(31)28-18-10-12-27(14-18)22-9-8-21(26-23(22)28)17-6-5-7-20(13-17)32-16-19(30)15-29/h5-9,13,18-19,29-30H,2-4,10-12,14-16H2,1H3,(H,25,31)/t18-,19?/m0/s1. The van der Waals surface area contributed by atoms with Crippen molar-refractivity contribution >= 4 is 17.5 Å². The molecule has 1 aromatic heterocycles. The van der Waals surface area contributed by atoms with Crippen molar-refractivity contribution in [3.63, 3.8) is 0 Å². The Hall–Kier alpha value is -2.84. The van der Waals surface area contributed by atoms with Crippen molar-refractivity contribution in [3.8, 4) is 17.0 Å². The van der Waals surface area contributed by atoms with E-state index in [-0.39, 0.29) is 25.3 Å². The summed E-state index contributed by atoms with van der Waals surface area (Å²) < 4.78 is 5.58. The van der Waals surface area contributed by atoms with E-state index in [4.69, 9.17) is 14.8 Å². The normalized spacial score (nSPS) is 17.8. The maximum absolute atomic E-state index is 13.1. The number of nitrogens with zero attached hydrogens (tertiary/aromatic N) is 3. The Morgan fingerprint density at radius 2 is 2.19 bits per heavy atom. The van der Waals surface area contributed by atoms with E-state index in [9.17, 15) is 9.90 Å². The van der Waals surface area contributed by atoms with Crippen molar-refractivity contribution in [2.24, 2.45) is 0 Å². The van der Waals surface area contributed by atoms with Gasteiger partial charge in [-0.3, -0.25) is 4.90 Å². The summed E-state index contributed by atoms with van der Waals surface area (Å²) in [5.41, 5.74) is 2.60. The summed E-state index contributed by atoms with van der Waals surface area (Å²) in [5, 5.41) is 21.6. The lowest BCUT2D eigenvalue weighted by Crippen LogP contribution is -2.50. The Bertz CT molecular complexity index is 938. The molecule has 2 aromatic rings. The van der Waals surface area contributed by atoms with Gasteiger partial charge < -0.3 is 25.2 Å². The summed E-state index contributed by atoms with van der Waals surface area (Å²) in [4.78, 5) is 22.1. The molecule has 8 heteroatoms. The van der Waals surface area contributed by atoms with Gasteiger partial charge in [-0.25, -0.2) is 9.78 Å². The summed E-state index contributed by atoms with van der Waals surface area (Å²) >= 11 is 0. The molecule has 3 heterocycles. The Kier molecular flexibility index (Phi) is 7.12. The highest BCUT2D eigenvalue weighted by atomic mass is 16.5. The minimum Gasteiger partial charge on any atom is -0.491 e. The molecular weight excluding hydrogens is 408 g/mol. The first-order valence-electron chi connectivity index (χ1n) is 11.5. The van der Waals surface area contributed by atoms with Crippen molar-refractivity contribution in [1.82, 2.24) is 10.3 Å². The number of anilines is 2. The van der Waals surface area contributed by atoms with E-state index in [0.29, 0.717) is 18.1 Å². The van der Waals surface area contributed by atoms with Crippen molar-refractivity contribution in [1.29, 1.82) is 0 Å². The van der Waals surface area contributed by atoms with Gasteiger partial charge in [-0.15, -0.1) is 0 Å². The third kappa shape index (κ3) is 4.81. The molecule has 8 nitrogen and oxygen atoms in total. The van der Waals surface area contributed by atoms with Crippen molar-refractivity contribution in [3.05, 3.63) is 36.4 Å². The highest BCUT2D eigenvalue weighted by Gasteiger charge is 2.40. The Morgan fingerprint density at radius 1 is 1.31 bits per heavy atom. The zero-order valence-corrected chi connectivity index (χ0v) is 18.5. The number of hydrogen-bond donors (Lipinski definition) is 3. The molecule has 1 aromatic carbocycles. The number of carbonyl (C=O) groups excluding carboxylic acids is 1. The number of aliphatic hydroxyl groups is 2. The number of aromatic nitrogens is 1. The molecule has 2 aliphatic rings. The second kappa shape index (κ2) is 10.2. The van der Waals surface area contributed by atoms with E-state index in [1.54, 1.807) is 6.07 Å². The lowest BCUT2D eigenvalue weighted by Gasteiger charge is -2.36. The number of nitrogens with one attached hydrogen (secondary N) is 1. The minimum absolute atomic E-state index is 0.0141. The molecule has 1 saturated heterocycles. The van der Waals surface area contributed by atoms with Crippen LogP contribution in [-0.2, 0) is 0 Å². The lowest BCUT2D eigenvalue weighted by molar-refractivity contribution is 0.0536. The quantitative estimate of drug-likeness (QED) is 0.519. The van der Waals surface area contributed by atoms with Crippen LogP contribution in [0.4, 0.5) is 16.3 Å². The van der Waals surface area contributed by atoms with Gasteiger partial charge in [0.15, 0.2) is 5.82 Å². The number of benzene rings is 1. The number of aliphatic hydroxyl groups excluding tert-OH is 2. The summed E-state index contributed by atoms with van der Waals surface area (Å²) in [7, 11) is 0. The van der Waals surface area contributed by atoms with Crippen molar-refractivity contribution in [2.45, 2.75) is 44.8 Å². The number of pyridine rings is 1. The highest BCUT2D eigenvalue weighted by Crippen LogP contribution is 2.40. The summed E-state index contributed by atoms with van der Waals surface area (Å²) in [6.45, 7) is 4.26. The van der Waals surface area contributed by atoms with Crippen LogP contribution in [0.1, 0.15) is 32.6 Å². The Balaban J connectivity index is 1.57. The number of hydrogen-bond acceptors (Lipinski definition) is 6. The number of unbranched alkanes of at least 4 members (excludes halogenated alkanes) is 2. The zero-order valence-electron chi connectivity index (χ0n) is 18.5. The summed E-state index contributed by atoms with van der Waals surface area (Å²) in [6.07, 6.45) is 3.21. The Morgan fingerprint density at radius 3 is 3.00 bits per heavy atom.